The van der Waals surface area contributed by atoms with Crippen LogP contribution in [-0.4, -0.2) is 21.7 Å². The number of nitro groups is 1. The molecule has 0 aromatic heterocycles. The first-order valence-corrected chi connectivity index (χ1v) is 7.55. The molecule has 25 heavy (non-hydrogen) atoms. The number of aliphatic hydroxyl groups excluding tert-OH is 1. The Kier molecular flexibility index (Phi) is 4.24. The molecule has 0 radical (unpaired) electrons. The van der Waals surface area contributed by atoms with E-state index in [-0.39, 0.29) is 17.0 Å². The number of nitrogens with one attached hydrogen (secondary N) is 1. The number of amides is 1. The van der Waals surface area contributed by atoms with E-state index >= 15 is 0 Å². The predicted molar refractivity (Wildman–Crippen MR) is 90.0 cm³/mol. The summed E-state index contributed by atoms with van der Waals surface area (Å²) < 4.78 is 0. The molecule has 1 amide bonds. The van der Waals surface area contributed by atoms with Gasteiger partial charge < -0.3 is 10.4 Å². The number of benzene rings is 2. The Hall–Kier alpha value is -3.19. The van der Waals surface area contributed by atoms with Crippen LogP contribution in [-0.2, 0) is 9.59 Å². The van der Waals surface area contributed by atoms with Crippen LogP contribution in [0.2, 0.25) is 5.02 Å². The Labute approximate surface area is 146 Å². The van der Waals surface area contributed by atoms with Crippen LogP contribution >= 0.6 is 11.6 Å². The van der Waals surface area contributed by atoms with Gasteiger partial charge in [0.2, 0.25) is 0 Å². The average Bonchev–Trinajstić information content (AvgIpc) is 2.90. The number of hydrogen-bond donors (Lipinski definition) is 2. The van der Waals surface area contributed by atoms with Crippen molar-refractivity contribution in [3.63, 3.8) is 0 Å². The number of halogens is 1. The lowest BCUT2D eigenvalue weighted by Crippen LogP contribution is -2.21. The third kappa shape index (κ3) is 3.09. The molecule has 2 N–H and O–H groups in total. The molecule has 126 valence electrons. The van der Waals surface area contributed by atoms with Gasteiger partial charge in [-0.15, -0.1) is 0 Å². The van der Waals surface area contributed by atoms with Gasteiger partial charge in [0.25, 0.3) is 17.4 Å². The van der Waals surface area contributed by atoms with Gasteiger partial charge in [-0.2, -0.15) is 0 Å². The van der Waals surface area contributed by atoms with Gasteiger partial charge in [-0.1, -0.05) is 11.6 Å². The van der Waals surface area contributed by atoms with Crippen LogP contribution in [0.3, 0.4) is 0 Å². The van der Waals surface area contributed by atoms with Crippen LogP contribution in [0.25, 0.3) is 5.76 Å². The molecular formula is C17H11ClN2O5. The van der Waals surface area contributed by atoms with Crippen molar-refractivity contribution in [2.24, 2.45) is 0 Å². The highest BCUT2D eigenvalue weighted by Crippen LogP contribution is 2.33. The van der Waals surface area contributed by atoms with Crippen molar-refractivity contribution in [1.29, 1.82) is 0 Å². The topological polar surface area (TPSA) is 110 Å². The summed E-state index contributed by atoms with van der Waals surface area (Å²) in [4.78, 5) is 34.2. The van der Waals surface area contributed by atoms with Crippen LogP contribution < -0.4 is 5.32 Å². The number of Topliss-reactive ketones (excluding diaryl/α,β-unsaturated/α-hetero) is 1. The summed E-state index contributed by atoms with van der Waals surface area (Å²) in [5.41, 5.74) is 0.546. The van der Waals surface area contributed by atoms with Gasteiger partial charge >= 0.3 is 0 Å². The largest absolute Gasteiger partial charge is 0.507 e. The fourth-order valence-electron chi connectivity index (χ4n) is 2.57. The molecule has 2 aromatic carbocycles. The molecule has 0 spiro atoms. The maximum Gasteiger partial charge on any atom is 0.293 e. The Morgan fingerprint density at radius 3 is 2.24 bits per heavy atom. The van der Waals surface area contributed by atoms with Gasteiger partial charge in [-0.3, -0.25) is 19.7 Å². The van der Waals surface area contributed by atoms with E-state index in [1.54, 1.807) is 12.1 Å². The van der Waals surface area contributed by atoms with Crippen molar-refractivity contribution < 1.29 is 19.6 Å². The van der Waals surface area contributed by atoms with E-state index in [1.807, 2.05) is 0 Å². The molecule has 1 aliphatic rings. The summed E-state index contributed by atoms with van der Waals surface area (Å²) in [6.07, 6.45) is 0. The molecule has 7 nitrogen and oxygen atoms in total. The highest BCUT2D eigenvalue weighted by molar-refractivity contribution is 6.46. The van der Waals surface area contributed by atoms with E-state index in [0.29, 0.717) is 16.1 Å². The molecule has 3 rings (SSSR count). The van der Waals surface area contributed by atoms with Crippen molar-refractivity contribution in [2.45, 2.75) is 6.04 Å². The third-order valence-corrected chi connectivity index (χ3v) is 4.08. The Bertz CT molecular complexity index is 904. The number of carbonyl (C=O) groups is 2. The molecule has 0 saturated carbocycles. The highest BCUT2D eigenvalue weighted by atomic mass is 35.5. The number of rotatable bonds is 3. The first-order valence-electron chi connectivity index (χ1n) is 7.17. The Morgan fingerprint density at radius 1 is 1.08 bits per heavy atom. The molecule has 1 heterocycles. The molecule has 0 bridgehead atoms. The van der Waals surface area contributed by atoms with Crippen molar-refractivity contribution in [1.82, 2.24) is 5.32 Å². The molecule has 0 aliphatic carbocycles. The second kappa shape index (κ2) is 6.37. The van der Waals surface area contributed by atoms with Crippen LogP contribution in [0, 0.1) is 10.1 Å². The number of ketones is 1. The molecule has 1 fully saturated rings. The first kappa shape index (κ1) is 16.7. The number of aliphatic hydroxyl groups is 1. The second-order valence-electron chi connectivity index (χ2n) is 5.35. The van der Waals surface area contributed by atoms with E-state index < -0.39 is 22.7 Å². The number of hydrogen-bond acceptors (Lipinski definition) is 5. The molecule has 2 aromatic rings. The zero-order valence-corrected chi connectivity index (χ0v) is 13.4. The fourth-order valence-corrected chi connectivity index (χ4v) is 2.69. The van der Waals surface area contributed by atoms with Crippen LogP contribution in [0.15, 0.2) is 54.1 Å². The minimum atomic E-state index is -0.892. The molecule has 1 atom stereocenters. The predicted octanol–water partition coefficient (Wildman–Crippen LogP) is 2.96. The minimum Gasteiger partial charge on any atom is -0.507 e. The van der Waals surface area contributed by atoms with Gasteiger partial charge in [-0.25, -0.2) is 0 Å². The molecule has 0 unspecified atom stereocenters. The van der Waals surface area contributed by atoms with Gasteiger partial charge in [0.1, 0.15) is 5.76 Å². The number of nitrogens with zero attached hydrogens (tertiary/aromatic N) is 1. The fraction of sp³-hybridized carbons (Fsp3) is 0.0588. The van der Waals surface area contributed by atoms with Crippen molar-refractivity contribution in [2.75, 3.05) is 0 Å². The zero-order valence-electron chi connectivity index (χ0n) is 12.6. The number of non-ortho nitro benzene ring substituents is 1. The number of nitro benzene ring substituents is 1. The lowest BCUT2D eigenvalue weighted by Gasteiger charge is -2.13. The Morgan fingerprint density at radius 2 is 1.68 bits per heavy atom. The molecule has 8 heteroatoms. The van der Waals surface area contributed by atoms with Crippen LogP contribution in [0.1, 0.15) is 17.2 Å². The Balaban J connectivity index is 2.07. The third-order valence-electron chi connectivity index (χ3n) is 3.82. The summed E-state index contributed by atoms with van der Waals surface area (Å²) in [6.45, 7) is 0. The maximum atomic E-state index is 12.2. The minimum absolute atomic E-state index is 0.110. The number of carbonyl (C=O) groups excluding carboxylic acids is 2. The monoisotopic (exact) mass is 358 g/mol. The summed E-state index contributed by atoms with van der Waals surface area (Å²) in [7, 11) is 0. The van der Waals surface area contributed by atoms with E-state index in [4.69, 9.17) is 11.6 Å². The lowest BCUT2D eigenvalue weighted by molar-refractivity contribution is -0.384. The normalized spacial score (nSPS) is 18.8. The van der Waals surface area contributed by atoms with Crippen molar-refractivity contribution >= 4 is 34.7 Å². The van der Waals surface area contributed by atoms with E-state index in [0.717, 1.165) is 0 Å². The first-order chi connectivity index (χ1) is 11.9. The van der Waals surface area contributed by atoms with Crippen molar-refractivity contribution in [3.8, 4) is 0 Å². The smallest absolute Gasteiger partial charge is 0.293 e. The van der Waals surface area contributed by atoms with Gasteiger partial charge in [-0.05, 0) is 42.0 Å². The van der Waals surface area contributed by atoms with Crippen LogP contribution in [0.5, 0.6) is 0 Å². The van der Waals surface area contributed by atoms with Crippen LogP contribution in [0.4, 0.5) is 5.69 Å². The molecular weight excluding hydrogens is 348 g/mol. The summed E-state index contributed by atoms with van der Waals surface area (Å²) in [5, 5.41) is 24.2. The van der Waals surface area contributed by atoms with E-state index in [2.05, 4.69) is 5.32 Å². The molecule has 1 saturated heterocycles. The average molecular weight is 359 g/mol. The maximum absolute atomic E-state index is 12.2. The van der Waals surface area contributed by atoms with Gasteiger partial charge in [0, 0.05) is 22.7 Å². The second-order valence-corrected chi connectivity index (χ2v) is 5.79. The summed E-state index contributed by atoms with van der Waals surface area (Å²) >= 11 is 5.81. The standard InChI is InChI=1S/C17H11ClN2O5/c18-11-5-1-10(2-6-11)15(21)13-14(19-17(23)16(13)22)9-3-7-12(8-4-9)20(24)25/h1-8,14,21H,(H,19,23)/t14-/m1/s1. The van der Waals surface area contributed by atoms with Gasteiger partial charge in [0.15, 0.2) is 0 Å². The zero-order chi connectivity index (χ0) is 18.1. The lowest BCUT2D eigenvalue weighted by atomic mass is 9.96. The summed E-state index contributed by atoms with van der Waals surface area (Å²) in [5.74, 6) is -2.04. The molecule has 1 aliphatic heterocycles. The van der Waals surface area contributed by atoms with E-state index in [1.165, 1.54) is 36.4 Å². The van der Waals surface area contributed by atoms with Gasteiger partial charge in [0.05, 0.1) is 16.5 Å². The SMILES string of the molecule is O=C1N[C@H](c2ccc([N+](=O)[O-])cc2)C(=C(O)c2ccc(Cl)cc2)C1=O. The summed E-state index contributed by atoms with van der Waals surface area (Å²) in [6, 6.07) is 10.6. The van der Waals surface area contributed by atoms with Crippen molar-refractivity contribution in [3.05, 3.63) is 80.4 Å². The highest BCUT2D eigenvalue weighted by Gasteiger charge is 2.39. The quantitative estimate of drug-likeness (QED) is 0.288. The van der Waals surface area contributed by atoms with E-state index in [9.17, 15) is 24.8 Å².